The lowest BCUT2D eigenvalue weighted by Gasteiger charge is -2.09. The lowest BCUT2D eigenvalue weighted by atomic mass is 10.1. The van der Waals surface area contributed by atoms with Crippen LogP contribution in [0.25, 0.3) is 0 Å². The van der Waals surface area contributed by atoms with Gasteiger partial charge in [0.15, 0.2) is 11.5 Å². The Morgan fingerprint density at radius 2 is 1.93 bits per heavy atom. The molecule has 2 aromatic carbocycles. The first kappa shape index (κ1) is 16.9. The van der Waals surface area contributed by atoms with Gasteiger partial charge in [0, 0.05) is 30.7 Å². The molecule has 0 radical (unpaired) electrons. The molecule has 136 valence electrons. The monoisotopic (exact) mass is 361 g/mol. The molecule has 0 saturated carbocycles. The first-order valence-corrected chi connectivity index (χ1v) is 8.63. The van der Waals surface area contributed by atoms with Crippen LogP contribution in [-0.2, 0) is 6.54 Å². The van der Waals surface area contributed by atoms with E-state index < -0.39 is 0 Å². The molecule has 3 aromatic rings. The van der Waals surface area contributed by atoms with Crippen LogP contribution in [0.4, 0.5) is 11.4 Å². The Hall–Kier alpha value is -3.54. The predicted octanol–water partition coefficient (Wildman–Crippen LogP) is 3.98. The van der Waals surface area contributed by atoms with Gasteiger partial charge in [0.25, 0.3) is 5.91 Å². The van der Waals surface area contributed by atoms with Crippen molar-refractivity contribution < 1.29 is 14.3 Å². The minimum atomic E-state index is -0.236. The molecule has 0 bridgehead atoms. The summed E-state index contributed by atoms with van der Waals surface area (Å²) in [6, 6.07) is 15.3. The van der Waals surface area contributed by atoms with Crippen LogP contribution in [0.2, 0.25) is 0 Å². The largest absolute Gasteiger partial charge is 0.454 e. The van der Waals surface area contributed by atoms with Gasteiger partial charge in [-0.05, 0) is 30.7 Å². The fourth-order valence-corrected chi connectivity index (χ4v) is 2.86. The first-order valence-electron chi connectivity index (χ1n) is 8.63. The highest BCUT2D eigenvalue weighted by Gasteiger charge is 2.15. The zero-order chi connectivity index (χ0) is 18.6. The van der Waals surface area contributed by atoms with E-state index in [2.05, 4.69) is 40.7 Å². The number of rotatable bonds is 5. The molecular weight excluding hydrogens is 342 g/mol. The number of anilines is 2. The van der Waals surface area contributed by atoms with E-state index >= 15 is 0 Å². The lowest BCUT2D eigenvalue weighted by molar-refractivity contribution is 0.102. The maximum atomic E-state index is 12.5. The maximum absolute atomic E-state index is 12.5. The SMILES string of the molecule is Cc1cccc(CNc2cncc(C(=O)Nc3ccc4c(c3)OCO4)c2)c1. The van der Waals surface area contributed by atoms with Crippen LogP contribution in [-0.4, -0.2) is 17.7 Å². The molecule has 1 amide bonds. The number of aromatic nitrogens is 1. The molecule has 0 fully saturated rings. The highest BCUT2D eigenvalue weighted by Crippen LogP contribution is 2.34. The van der Waals surface area contributed by atoms with E-state index in [1.54, 1.807) is 36.7 Å². The Kier molecular flexibility index (Phi) is 4.61. The van der Waals surface area contributed by atoms with Crippen molar-refractivity contribution in [3.8, 4) is 11.5 Å². The van der Waals surface area contributed by atoms with Crippen molar-refractivity contribution >= 4 is 17.3 Å². The van der Waals surface area contributed by atoms with Gasteiger partial charge in [0.05, 0.1) is 11.3 Å². The number of amides is 1. The number of fused-ring (bicyclic) bond motifs is 1. The average molecular weight is 361 g/mol. The molecule has 0 aliphatic carbocycles. The van der Waals surface area contributed by atoms with Crippen LogP contribution < -0.4 is 20.1 Å². The van der Waals surface area contributed by atoms with Gasteiger partial charge in [0.2, 0.25) is 6.79 Å². The number of carbonyl (C=O) groups excluding carboxylic acids is 1. The van der Waals surface area contributed by atoms with Crippen molar-refractivity contribution in [3.63, 3.8) is 0 Å². The van der Waals surface area contributed by atoms with Crippen molar-refractivity contribution in [2.75, 3.05) is 17.4 Å². The second-order valence-electron chi connectivity index (χ2n) is 6.33. The van der Waals surface area contributed by atoms with Gasteiger partial charge >= 0.3 is 0 Å². The summed E-state index contributed by atoms with van der Waals surface area (Å²) in [5.41, 5.74) is 4.29. The van der Waals surface area contributed by atoms with Crippen LogP contribution in [0.3, 0.4) is 0 Å². The third kappa shape index (κ3) is 4.00. The van der Waals surface area contributed by atoms with E-state index in [4.69, 9.17) is 9.47 Å². The standard InChI is InChI=1S/C21H19N3O3/c1-14-3-2-4-15(7-14)10-23-18-8-16(11-22-12-18)21(25)24-17-5-6-19-20(9-17)27-13-26-19/h2-9,11-12,23H,10,13H2,1H3,(H,24,25). The van der Waals surface area contributed by atoms with E-state index in [-0.39, 0.29) is 12.7 Å². The highest BCUT2D eigenvalue weighted by molar-refractivity contribution is 6.04. The van der Waals surface area contributed by atoms with E-state index in [1.165, 1.54) is 11.1 Å². The van der Waals surface area contributed by atoms with Gasteiger partial charge in [-0.3, -0.25) is 9.78 Å². The zero-order valence-corrected chi connectivity index (χ0v) is 14.9. The number of carbonyl (C=O) groups is 1. The molecule has 0 spiro atoms. The molecule has 0 saturated heterocycles. The quantitative estimate of drug-likeness (QED) is 0.719. The van der Waals surface area contributed by atoms with Crippen LogP contribution in [0.5, 0.6) is 11.5 Å². The maximum Gasteiger partial charge on any atom is 0.257 e. The predicted molar refractivity (Wildman–Crippen MR) is 103 cm³/mol. The molecular formula is C21H19N3O3. The normalized spacial score (nSPS) is 11.9. The molecule has 0 unspecified atom stereocenters. The van der Waals surface area contributed by atoms with Crippen molar-refractivity contribution in [1.29, 1.82) is 0 Å². The van der Waals surface area contributed by atoms with Crippen LogP contribution in [0, 0.1) is 6.92 Å². The van der Waals surface area contributed by atoms with Crippen LogP contribution >= 0.6 is 0 Å². The lowest BCUT2D eigenvalue weighted by Crippen LogP contribution is -2.12. The molecule has 1 aliphatic heterocycles. The summed E-state index contributed by atoms with van der Waals surface area (Å²) < 4.78 is 10.6. The van der Waals surface area contributed by atoms with E-state index in [0.29, 0.717) is 29.3 Å². The van der Waals surface area contributed by atoms with Crippen molar-refractivity contribution in [3.05, 3.63) is 77.6 Å². The summed E-state index contributed by atoms with van der Waals surface area (Å²) in [5.74, 6) is 1.07. The van der Waals surface area contributed by atoms with Crippen molar-refractivity contribution in [1.82, 2.24) is 4.98 Å². The number of pyridine rings is 1. The van der Waals surface area contributed by atoms with Crippen molar-refractivity contribution in [2.24, 2.45) is 0 Å². The minimum absolute atomic E-state index is 0.200. The fraction of sp³-hybridized carbons (Fsp3) is 0.143. The summed E-state index contributed by atoms with van der Waals surface area (Å²) >= 11 is 0. The molecule has 2 N–H and O–H groups in total. The number of benzene rings is 2. The number of ether oxygens (including phenoxy) is 2. The number of hydrogen-bond acceptors (Lipinski definition) is 5. The summed E-state index contributed by atoms with van der Waals surface area (Å²) in [6.45, 7) is 2.92. The van der Waals surface area contributed by atoms with Gasteiger partial charge < -0.3 is 20.1 Å². The summed E-state index contributed by atoms with van der Waals surface area (Å²) in [7, 11) is 0. The Labute approximate surface area is 157 Å². The van der Waals surface area contributed by atoms with E-state index in [1.807, 2.05) is 6.07 Å². The molecule has 6 nitrogen and oxygen atoms in total. The Bertz CT molecular complexity index is 988. The van der Waals surface area contributed by atoms with Gasteiger partial charge in [0.1, 0.15) is 0 Å². The van der Waals surface area contributed by atoms with Gasteiger partial charge in [-0.15, -0.1) is 0 Å². The summed E-state index contributed by atoms with van der Waals surface area (Å²) in [5, 5.41) is 6.16. The number of hydrogen-bond donors (Lipinski definition) is 2. The second kappa shape index (κ2) is 7.37. The molecule has 1 aliphatic rings. The molecule has 2 heterocycles. The third-order valence-corrected chi connectivity index (χ3v) is 4.21. The molecule has 0 atom stereocenters. The molecule has 4 rings (SSSR count). The van der Waals surface area contributed by atoms with E-state index in [9.17, 15) is 4.79 Å². The van der Waals surface area contributed by atoms with Gasteiger partial charge in [-0.1, -0.05) is 29.8 Å². The molecule has 27 heavy (non-hydrogen) atoms. The highest BCUT2D eigenvalue weighted by atomic mass is 16.7. The van der Waals surface area contributed by atoms with E-state index in [0.717, 1.165) is 5.69 Å². The summed E-state index contributed by atoms with van der Waals surface area (Å²) in [4.78, 5) is 16.7. The van der Waals surface area contributed by atoms with Gasteiger partial charge in [-0.2, -0.15) is 0 Å². The van der Waals surface area contributed by atoms with Crippen LogP contribution in [0.1, 0.15) is 21.5 Å². The first-order chi connectivity index (χ1) is 13.2. The zero-order valence-electron chi connectivity index (χ0n) is 14.9. The Morgan fingerprint density at radius 1 is 1.04 bits per heavy atom. The van der Waals surface area contributed by atoms with Crippen molar-refractivity contribution in [2.45, 2.75) is 13.5 Å². The van der Waals surface area contributed by atoms with Gasteiger partial charge in [-0.25, -0.2) is 0 Å². The van der Waals surface area contributed by atoms with Crippen LogP contribution in [0.15, 0.2) is 60.9 Å². The Balaban J connectivity index is 1.43. The summed E-state index contributed by atoms with van der Waals surface area (Å²) in [6.07, 6.45) is 3.24. The number of aryl methyl sites for hydroxylation is 1. The third-order valence-electron chi connectivity index (χ3n) is 4.21. The Morgan fingerprint density at radius 3 is 2.81 bits per heavy atom. The second-order valence-corrected chi connectivity index (χ2v) is 6.33. The molecule has 1 aromatic heterocycles. The number of nitrogens with one attached hydrogen (secondary N) is 2. The number of nitrogens with zero attached hydrogens (tertiary/aromatic N) is 1. The molecule has 6 heteroatoms. The smallest absolute Gasteiger partial charge is 0.257 e. The average Bonchev–Trinajstić information content (AvgIpc) is 3.14. The fourth-order valence-electron chi connectivity index (χ4n) is 2.86. The minimum Gasteiger partial charge on any atom is -0.454 e. The topological polar surface area (TPSA) is 72.5 Å².